The van der Waals surface area contributed by atoms with Gasteiger partial charge in [0.15, 0.2) is 5.82 Å². The third kappa shape index (κ3) is 3.88. The van der Waals surface area contributed by atoms with E-state index in [1.807, 2.05) is 13.8 Å². The minimum Gasteiger partial charge on any atom is -0.478 e. The number of hydrogen-bond donors (Lipinski definition) is 4. The Bertz CT molecular complexity index is 1270. The minimum atomic E-state index is -1.12. The summed E-state index contributed by atoms with van der Waals surface area (Å²) < 4.78 is 6.47. The second kappa shape index (κ2) is 7.78. The second-order valence-electron chi connectivity index (χ2n) is 7.09. The number of nitrogens with one attached hydrogen (secondary N) is 2. The molecule has 0 bridgehead atoms. The van der Waals surface area contributed by atoms with Crippen LogP contribution in [0.1, 0.15) is 35.8 Å². The molecular formula is C20H19N7O4. The molecule has 4 rings (SSSR count). The van der Waals surface area contributed by atoms with Crippen molar-refractivity contribution in [1.29, 1.82) is 0 Å². The maximum Gasteiger partial charge on any atom is 0.337 e. The van der Waals surface area contributed by atoms with Crippen molar-refractivity contribution in [2.24, 2.45) is 0 Å². The molecule has 5 N–H and O–H groups in total. The fourth-order valence-electron chi connectivity index (χ4n) is 3.10. The van der Waals surface area contributed by atoms with E-state index in [-0.39, 0.29) is 23.2 Å². The summed E-state index contributed by atoms with van der Waals surface area (Å²) in [5, 5.41) is 22.7. The number of fused-ring (bicyclic) bond motifs is 1. The molecule has 1 aromatic carbocycles. The number of hydrogen-bond acceptors (Lipinski definition) is 7. The van der Waals surface area contributed by atoms with Crippen LogP contribution in [0, 0.1) is 0 Å². The molecule has 0 saturated heterocycles. The Kier molecular flexibility index (Phi) is 4.99. The highest BCUT2D eigenvalue weighted by Gasteiger charge is 2.21. The molecule has 0 fully saturated rings. The Morgan fingerprint density at radius 2 is 1.94 bits per heavy atom. The molecule has 3 aromatic heterocycles. The van der Waals surface area contributed by atoms with Gasteiger partial charge in [-0.2, -0.15) is 5.10 Å². The number of urea groups is 1. The first kappa shape index (κ1) is 19.9. The quantitative estimate of drug-likeness (QED) is 0.381. The van der Waals surface area contributed by atoms with Gasteiger partial charge in [-0.3, -0.25) is 5.32 Å². The number of anilines is 3. The number of carboxylic acids is 1. The summed E-state index contributed by atoms with van der Waals surface area (Å²) in [5.41, 5.74) is 8.59. The normalized spacial score (nSPS) is 11.1. The Morgan fingerprint density at radius 3 is 2.58 bits per heavy atom. The van der Waals surface area contributed by atoms with Crippen molar-refractivity contribution in [3.63, 3.8) is 0 Å². The van der Waals surface area contributed by atoms with Crippen LogP contribution < -0.4 is 16.4 Å². The highest BCUT2D eigenvalue weighted by atomic mass is 16.5. The Labute approximate surface area is 175 Å². The van der Waals surface area contributed by atoms with Crippen LogP contribution in [0.2, 0.25) is 0 Å². The minimum absolute atomic E-state index is 0.0388. The number of amides is 2. The molecule has 0 aliphatic carbocycles. The van der Waals surface area contributed by atoms with E-state index in [4.69, 9.17) is 10.3 Å². The summed E-state index contributed by atoms with van der Waals surface area (Å²) in [6, 6.07) is 7.79. The molecule has 0 unspecified atom stereocenters. The highest BCUT2D eigenvalue weighted by molar-refractivity contribution is 6.04. The zero-order chi connectivity index (χ0) is 22.1. The SMILES string of the molecule is CC(C)c1cc(NC(=O)Nc2ccc(-c3c(C(=O)O)cn4ncnc(N)c34)cc2)on1. The first-order chi connectivity index (χ1) is 14.8. The first-order valence-electron chi connectivity index (χ1n) is 9.33. The monoisotopic (exact) mass is 421 g/mol. The van der Waals surface area contributed by atoms with Crippen molar-refractivity contribution < 1.29 is 19.2 Å². The Balaban J connectivity index is 1.57. The van der Waals surface area contributed by atoms with Crippen LogP contribution in [0.25, 0.3) is 16.6 Å². The van der Waals surface area contributed by atoms with E-state index in [1.165, 1.54) is 17.0 Å². The standard InChI is InChI=1S/C20H19N7O4/c1-10(2)14-7-15(31-26-14)25-20(30)24-12-5-3-11(4-6-12)16-13(19(28)29)8-27-17(16)18(21)22-9-23-27/h3-10H,1-2H3,(H,28,29)(H2,21,22,23)(H2,24,25,30). The predicted molar refractivity (Wildman–Crippen MR) is 113 cm³/mol. The fourth-order valence-corrected chi connectivity index (χ4v) is 3.10. The zero-order valence-electron chi connectivity index (χ0n) is 16.7. The van der Waals surface area contributed by atoms with Crippen LogP contribution in [0.3, 0.4) is 0 Å². The lowest BCUT2D eigenvalue weighted by atomic mass is 10.0. The summed E-state index contributed by atoms with van der Waals surface area (Å²) >= 11 is 0. The number of aromatic nitrogens is 4. The van der Waals surface area contributed by atoms with Gasteiger partial charge in [-0.1, -0.05) is 31.1 Å². The zero-order valence-corrected chi connectivity index (χ0v) is 16.7. The van der Waals surface area contributed by atoms with Crippen molar-refractivity contribution in [3.05, 3.63) is 54.1 Å². The molecule has 11 heteroatoms. The molecule has 3 heterocycles. The van der Waals surface area contributed by atoms with Crippen molar-refractivity contribution in [2.45, 2.75) is 19.8 Å². The number of rotatable bonds is 5. The maximum atomic E-state index is 12.2. The van der Waals surface area contributed by atoms with Gasteiger partial charge < -0.3 is 20.7 Å². The molecule has 11 nitrogen and oxygen atoms in total. The van der Waals surface area contributed by atoms with E-state index in [2.05, 4.69) is 25.9 Å². The molecule has 0 aliphatic rings. The van der Waals surface area contributed by atoms with Gasteiger partial charge in [0.1, 0.15) is 11.8 Å². The third-order valence-electron chi connectivity index (χ3n) is 4.62. The van der Waals surface area contributed by atoms with Crippen molar-refractivity contribution in [1.82, 2.24) is 19.8 Å². The third-order valence-corrected chi connectivity index (χ3v) is 4.62. The van der Waals surface area contributed by atoms with Gasteiger partial charge in [0.2, 0.25) is 5.88 Å². The van der Waals surface area contributed by atoms with E-state index in [0.717, 1.165) is 5.69 Å². The van der Waals surface area contributed by atoms with Gasteiger partial charge >= 0.3 is 12.0 Å². The van der Waals surface area contributed by atoms with E-state index in [0.29, 0.717) is 22.3 Å². The largest absolute Gasteiger partial charge is 0.478 e. The molecule has 31 heavy (non-hydrogen) atoms. The number of benzene rings is 1. The Hall–Kier alpha value is -4.41. The van der Waals surface area contributed by atoms with Gasteiger partial charge in [0.25, 0.3) is 0 Å². The molecule has 158 valence electrons. The second-order valence-corrected chi connectivity index (χ2v) is 7.09. The predicted octanol–water partition coefficient (Wildman–Crippen LogP) is 3.43. The van der Waals surface area contributed by atoms with Crippen LogP contribution in [0.15, 0.2) is 47.4 Å². The molecule has 0 aliphatic heterocycles. The average molecular weight is 421 g/mol. The van der Waals surface area contributed by atoms with Crippen LogP contribution in [0.4, 0.5) is 22.2 Å². The average Bonchev–Trinajstić information content (AvgIpc) is 3.34. The molecule has 0 saturated carbocycles. The summed E-state index contributed by atoms with van der Waals surface area (Å²) in [5.74, 6) is -0.545. The summed E-state index contributed by atoms with van der Waals surface area (Å²) in [6.45, 7) is 3.93. The molecule has 2 amide bonds. The van der Waals surface area contributed by atoms with Crippen LogP contribution in [-0.4, -0.2) is 36.9 Å². The van der Waals surface area contributed by atoms with Crippen molar-refractivity contribution in [3.8, 4) is 11.1 Å². The molecule has 0 spiro atoms. The van der Waals surface area contributed by atoms with E-state index in [9.17, 15) is 14.7 Å². The van der Waals surface area contributed by atoms with Crippen LogP contribution in [-0.2, 0) is 0 Å². The Morgan fingerprint density at radius 1 is 1.19 bits per heavy atom. The number of nitrogens with two attached hydrogens (primary N) is 1. The highest BCUT2D eigenvalue weighted by Crippen LogP contribution is 2.33. The number of carbonyl (C=O) groups is 2. The summed E-state index contributed by atoms with van der Waals surface area (Å²) in [7, 11) is 0. The number of carboxylic acid groups (broad SMARTS) is 1. The van der Waals surface area contributed by atoms with Gasteiger partial charge in [-0.15, -0.1) is 0 Å². The number of nitrogens with zero attached hydrogens (tertiary/aromatic N) is 4. The van der Waals surface area contributed by atoms with Crippen molar-refractivity contribution >= 4 is 34.9 Å². The number of carbonyl (C=O) groups excluding carboxylic acids is 1. The number of aromatic carboxylic acids is 1. The lowest BCUT2D eigenvalue weighted by molar-refractivity contribution is 0.0697. The molecular weight excluding hydrogens is 402 g/mol. The topological polar surface area (TPSA) is 161 Å². The van der Waals surface area contributed by atoms with E-state index < -0.39 is 12.0 Å². The van der Waals surface area contributed by atoms with Crippen LogP contribution in [0.5, 0.6) is 0 Å². The van der Waals surface area contributed by atoms with Crippen LogP contribution >= 0.6 is 0 Å². The van der Waals surface area contributed by atoms with Gasteiger partial charge in [-0.05, 0) is 23.6 Å². The molecule has 0 atom stereocenters. The first-order valence-corrected chi connectivity index (χ1v) is 9.33. The molecule has 0 radical (unpaired) electrons. The molecule has 4 aromatic rings. The smallest absolute Gasteiger partial charge is 0.337 e. The van der Waals surface area contributed by atoms with Crippen molar-refractivity contribution in [2.75, 3.05) is 16.4 Å². The van der Waals surface area contributed by atoms with Gasteiger partial charge in [0, 0.05) is 23.5 Å². The lowest BCUT2D eigenvalue weighted by Crippen LogP contribution is -2.18. The van der Waals surface area contributed by atoms with Gasteiger partial charge in [-0.25, -0.2) is 19.1 Å². The van der Waals surface area contributed by atoms with E-state index in [1.54, 1.807) is 30.3 Å². The summed E-state index contributed by atoms with van der Waals surface area (Å²) in [4.78, 5) is 27.9. The van der Waals surface area contributed by atoms with Gasteiger partial charge in [0.05, 0.1) is 11.3 Å². The fraction of sp³-hybridized carbons (Fsp3) is 0.150. The van der Waals surface area contributed by atoms with E-state index >= 15 is 0 Å². The maximum absolute atomic E-state index is 12.2. The number of nitrogen functional groups attached to an aromatic ring is 1. The lowest BCUT2D eigenvalue weighted by Gasteiger charge is -2.08. The summed E-state index contributed by atoms with van der Waals surface area (Å²) in [6.07, 6.45) is 2.63.